The Hall–Kier alpha value is -6.44. The molecule has 0 spiro atoms. The molecule has 4 heteroatoms. The Morgan fingerprint density at radius 2 is 1.00 bits per heavy atom. The topological polar surface area (TPSA) is 46.5 Å². The van der Waals surface area contributed by atoms with E-state index in [2.05, 4.69) is 138 Å². The number of benzene rings is 6. The molecule has 0 saturated carbocycles. The van der Waals surface area contributed by atoms with Crippen LogP contribution >= 0.6 is 0 Å². The highest BCUT2D eigenvalue weighted by Gasteiger charge is 2.22. The molecule has 0 amide bonds. The van der Waals surface area contributed by atoms with E-state index in [1.165, 1.54) is 32.7 Å². The smallest absolute Gasteiger partial charge is 0.0999 e. The van der Waals surface area contributed by atoms with Crippen molar-refractivity contribution in [3.8, 4) is 40.0 Å². The van der Waals surface area contributed by atoms with Crippen LogP contribution < -0.4 is 0 Å². The fourth-order valence-corrected chi connectivity index (χ4v) is 7.29. The lowest BCUT2D eigenvalue weighted by Crippen LogP contribution is -2.06. The second kappa shape index (κ2) is 10.8. The molecule has 0 atom stereocenters. The van der Waals surface area contributed by atoms with E-state index < -0.39 is 0 Å². The Labute approximate surface area is 278 Å². The monoisotopic (exact) mass is 614 g/mol. The fraction of sp³-hybridized carbons (Fsp3) is 0.0455. The van der Waals surface area contributed by atoms with Crippen molar-refractivity contribution in [3.63, 3.8) is 0 Å². The van der Waals surface area contributed by atoms with Gasteiger partial charge in [-0.3, -0.25) is 0 Å². The standard InChI is InChI=1S/C44H30N4/c1-28-19-21-41-35(23-28)32-13-6-8-17-39(32)47(41)43-25-31(27-45)34(38-16-10-15-37(46-38)30-11-4-3-5-12-30)26-44(43)48-40-18-9-7-14-33(40)36-24-29(2)20-22-42(36)48/h3-26H,1-2H3. The summed E-state index contributed by atoms with van der Waals surface area (Å²) in [6.45, 7) is 4.28. The van der Waals surface area contributed by atoms with Gasteiger partial charge in [0.25, 0.3) is 0 Å². The summed E-state index contributed by atoms with van der Waals surface area (Å²) in [6, 6.07) is 53.5. The maximum absolute atomic E-state index is 10.8. The first-order valence-corrected chi connectivity index (χ1v) is 16.2. The minimum atomic E-state index is 0.570. The van der Waals surface area contributed by atoms with Gasteiger partial charge in [0.1, 0.15) is 0 Å². The fourth-order valence-electron chi connectivity index (χ4n) is 7.29. The molecule has 0 fully saturated rings. The molecular formula is C44H30N4. The summed E-state index contributed by atoms with van der Waals surface area (Å²) >= 11 is 0. The first-order valence-electron chi connectivity index (χ1n) is 16.2. The van der Waals surface area contributed by atoms with Crippen molar-refractivity contribution in [2.24, 2.45) is 0 Å². The van der Waals surface area contributed by atoms with Crippen LogP contribution in [0.1, 0.15) is 16.7 Å². The highest BCUT2D eigenvalue weighted by Crippen LogP contribution is 2.41. The molecule has 0 aliphatic rings. The van der Waals surface area contributed by atoms with Gasteiger partial charge in [-0.1, -0.05) is 96.1 Å². The van der Waals surface area contributed by atoms with Gasteiger partial charge in [-0.25, -0.2) is 4.98 Å². The summed E-state index contributed by atoms with van der Waals surface area (Å²) in [5.74, 6) is 0. The lowest BCUT2D eigenvalue weighted by atomic mass is 10.0. The van der Waals surface area contributed by atoms with Crippen LogP contribution in [0.2, 0.25) is 0 Å². The molecule has 3 aromatic heterocycles. The average molecular weight is 615 g/mol. The molecule has 48 heavy (non-hydrogen) atoms. The molecular weight excluding hydrogens is 585 g/mol. The third kappa shape index (κ3) is 4.26. The summed E-state index contributed by atoms with van der Waals surface area (Å²) in [5.41, 5.74) is 12.8. The van der Waals surface area contributed by atoms with Crippen molar-refractivity contribution in [1.82, 2.24) is 14.1 Å². The summed E-state index contributed by atoms with van der Waals surface area (Å²) in [4.78, 5) is 5.12. The maximum Gasteiger partial charge on any atom is 0.0999 e. The molecule has 6 aromatic carbocycles. The van der Waals surface area contributed by atoms with Gasteiger partial charge in [0.2, 0.25) is 0 Å². The number of nitriles is 1. The van der Waals surface area contributed by atoms with Crippen molar-refractivity contribution in [2.75, 3.05) is 0 Å². The van der Waals surface area contributed by atoms with Gasteiger partial charge in [0.15, 0.2) is 0 Å². The molecule has 0 radical (unpaired) electrons. The molecule has 0 saturated heterocycles. The second-order valence-corrected chi connectivity index (χ2v) is 12.5. The van der Waals surface area contributed by atoms with Gasteiger partial charge in [-0.2, -0.15) is 5.26 Å². The molecule has 0 unspecified atom stereocenters. The predicted molar refractivity (Wildman–Crippen MR) is 198 cm³/mol. The second-order valence-electron chi connectivity index (χ2n) is 12.5. The number of aryl methyl sites for hydroxylation is 2. The summed E-state index contributed by atoms with van der Waals surface area (Å²) in [5, 5.41) is 15.5. The molecule has 3 heterocycles. The van der Waals surface area contributed by atoms with E-state index in [9.17, 15) is 5.26 Å². The molecule has 9 rings (SSSR count). The summed E-state index contributed by atoms with van der Waals surface area (Å²) < 4.78 is 4.69. The van der Waals surface area contributed by atoms with Crippen molar-refractivity contribution in [1.29, 1.82) is 5.26 Å². The lowest BCUT2D eigenvalue weighted by molar-refractivity contribution is 1.09. The van der Waals surface area contributed by atoms with Crippen LogP contribution in [-0.2, 0) is 0 Å². The maximum atomic E-state index is 10.8. The Kier molecular flexibility index (Phi) is 6.28. The molecule has 4 nitrogen and oxygen atoms in total. The molecule has 0 N–H and O–H groups in total. The van der Waals surface area contributed by atoms with Gasteiger partial charge >= 0.3 is 0 Å². The quantitative estimate of drug-likeness (QED) is 0.198. The number of aromatic nitrogens is 3. The Morgan fingerprint density at radius 3 is 1.60 bits per heavy atom. The lowest BCUT2D eigenvalue weighted by Gasteiger charge is -2.19. The van der Waals surface area contributed by atoms with E-state index in [0.717, 1.165) is 56.0 Å². The van der Waals surface area contributed by atoms with E-state index in [1.807, 2.05) is 36.4 Å². The van der Waals surface area contributed by atoms with Crippen LogP contribution in [0, 0.1) is 25.2 Å². The summed E-state index contributed by atoms with van der Waals surface area (Å²) in [7, 11) is 0. The highest BCUT2D eigenvalue weighted by molar-refractivity contribution is 6.12. The number of hydrogen-bond acceptors (Lipinski definition) is 2. The zero-order valence-corrected chi connectivity index (χ0v) is 26.6. The summed E-state index contributed by atoms with van der Waals surface area (Å²) in [6.07, 6.45) is 0. The van der Waals surface area contributed by atoms with Gasteiger partial charge < -0.3 is 9.13 Å². The molecule has 0 aliphatic carbocycles. The van der Waals surface area contributed by atoms with Crippen molar-refractivity contribution >= 4 is 43.6 Å². The van der Waals surface area contributed by atoms with Crippen LogP contribution in [0.5, 0.6) is 0 Å². The number of rotatable bonds is 4. The minimum absolute atomic E-state index is 0.570. The Balaban J connectivity index is 1.43. The Bertz CT molecular complexity index is 2760. The number of nitrogens with zero attached hydrogens (tertiary/aromatic N) is 4. The largest absolute Gasteiger partial charge is 0.307 e. The molecule has 0 bridgehead atoms. The zero-order valence-electron chi connectivity index (χ0n) is 26.6. The van der Waals surface area contributed by atoms with Gasteiger partial charge in [-0.05, 0) is 74.5 Å². The third-order valence-electron chi connectivity index (χ3n) is 9.47. The van der Waals surface area contributed by atoms with Gasteiger partial charge in [0.05, 0.1) is 56.5 Å². The number of fused-ring (bicyclic) bond motifs is 6. The number of para-hydroxylation sites is 2. The van der Waals surface area contributed by atoms with Gasteiger partial charge in [0, 0.05) is 32.7 Å². The van der Waals surface area contributed by atoms with E-state index in [-0.39, 0.29) is 0 Å². The predicted octanol–water partition coefficient (Wildman–Crippen LogP) is 11.1. The zero-order chi connectivity index (χ0) is 32.4. The van der Waals surface area contributed by atoms with Crippen molar-refractivity contribution in [2.45, 2.75) is 13.8 Å². The Morgan fingerprint density at radius 1 is 0.479 bits per heavy atom. The van der Waals surface area contributed by atoms with Crippen LogP contribution in [0.4, 0.5) is 0 Å². The normalized spacial score (nSPS) is 11.5. The van der Waals surface area contributed by atoms with E-state index in [0.29, 0.717) is 5.56 Å². The van der Waals surface area contributed by atoms with Crippen molar-refractivity contribution in [3.05, 3.63) is 162 Å². The molecule has 9 aromatic rings. The van der Waals surface area contributed by atoms with Crippen molar-refractivity contribution < 1.29 is 0 Å². The number of hydrogen-bond donors (Lipinski definition) is 0. The van der Waals surface area contributed by atoms with Crippen LogP contribution in [0.3, 0.4) is 0 Å². The van der Waals surface area contributed by atoms with E-state index in [4.69, 9.17) is 4.98 Å². The average Bonchev–Trinajstić information content (AvgIpc) is 3.63. The minimum Gasteiger partial charge on any atom is -0.307 e. The van der Waals surface area contributed by atoms with Crippen LogP contribution in [-0.4, -0.2) is 14.1 Å². The SMILES string of the molecule is Cc1ccc2c(c1)c1ccccc1n2-c1cc(C#N)c(-c2cccc(-c3ccccc3)n2)cc1-n1c2ccccc2c2cc(C)ccc21. The van der Waals surface area contributed by atoms with E-state index >= 15 is 0 Å². The van der Waals surface area contributed by atoms with E-state index in [1.54, 1.807) is 0 Å². The molecule has 226 valence electrons. The van der Waals surface area contributed by atoms with Crippen LogP contribution in [0.25, 0.3) is 77.5 Å². The van der Waals surface area contributed by atoms with Crippen LogP contribution in [0.15, 0.2) is 146 Å². The first-order chi connectivity index (χ1) is 23.6. The third-order valence-corrected chi connectivity index (χ3v) is 9.47. The molecule has 0 aliphatic heterocycles. The first kappa shape index (κ1) is 27.8. The number of pyridine rings is 1. The van der Waals surface area contributed by atoms with Gasteiger partial charge in [-0.15, -0.1) is 0 Å². The highest BCUT2D eigenvalue weighted by atomic mass is 15.1.